The van der Waals surface area contributed by atoms with E-state index in [1.54, 1.807) is 17.8 Å². The molecule has 9 atom stereocenters. The summed E-state index contributed by atoms with van der Waals surface area (Å²) in [5, 5.41) is 14.4. The fraction of sp³-hybridized carbons (Fsp3) is 0.652. The number of benzene rings is 1. The van der Waals surface area contributed by atoms with Crippen molar-refractivity contribution < 1.29 is 38.1 Å². The molecule has 0 bridgehead atoms. The molecule has 4 N–H and O–H groups in total. The average Bonchev–Trinajstić information content (AvgIpc) is 3.92. The van der Waals surface area contributed by atoms with Crippen molar-refractivity contribution in [2.75, 3.05) is 58.7 Å². The van der Waals surface area contributed by atoms with Gasteiger partial charge in [0.1, 0.15) is 59.0 Å². The molecule has 2 saturated heterocycles. The van der Waals surface area contributed by atoms with E-state index in [0.717, 1.165) is 50.7 Å². The number of methoxy groups -OCH3 is 1. The van der Waals surface area contributed by atoms with Crippen LogP contribution in [0.25, 0.3) is 10.9 Å². The summed E-state index contributed by atoms with van der Waals surface area (Å²) in [6.07, 6.45) is 3.31. The number of likely N-dealkylation sites (tertiary alicyclic amines) is 1. The molecule has 3 aliphatic heterocycles. The molecule has 3 unspecified atom stereocenters. The summed E-state index contributed by atoms with van der Waals surface area (Å²) in [5.74, 6) is 0.894. The van der Waals surface area contributed by atoms with Gasteiger partial charge in [-0.05, 0) is 68.9 Å². The quantitative estimate of drug-likeness (QED) is 0.141. The first-order chi connectivity index (χ1) is 30.6. The first-order valence-corrected chi connectivity index (χ1v) is 24.1. The van der Waals surface area contributed by atoms with Gasteiger partial charge in [-0.25, -0.2) is 14.6 Å². The number of aliphatic imine (C=N–C) groups is 1. The number of thioether (sulfide) groups is 1. The summed E-state index contributed by atoms with van der Waals surface area (Å²) in [4.78, 5) is 69.7. The van der Waals surface area contributed by atoms with Crippen LogP contribution in [0.4, 0.5) is 4.79 Å². The number of nitrogens with one attached hydrogen (secondary N) is 4. The van der Waals surface area contributed by atoms with E-state index in [-0.39, 0.29) is 37.1 Å². The monoisotopic (exact) mass is 922 g/mol. The number of alkyl carbamates (subject to hydrolysis) is 1. The zero-order valence-electron chi connectivity index (χ0n) is 37.7. The van der Waals surface area contributed by atoms with Gasteiger partial charge >= 0.3 is 12.1 Å². The second-order valence-electron chi connectivity index (χ2n) is 19.5. The van der Waals surface area contributed by atoms with E-state index in [2.05, 4.69) is 46.6 Å². The topological polar surface area (TPSA) is 185 Å². The Labute approximate surface area is 384 Å². The maximum Gasteiger partial charge on any atom is 0.408 e. The molecule has 0 spiro atoms. The van der Waals surface area contributed by atoms with Crippen molar-refractivity contribution in [2.24, 2.45) is 28.2 Å². The Morgan fingerprint density at radius 3 is 2.50 bits per heavy atom. The summed E-state index contributed by atoms with van der Waals surface area (Å²) >= 11 is 8.77. The Morgan fingerprint density at radius 2 is 1.83 bits per heavy atom. The number of hydrogen-bond donors (Lipinski definition) is 4. The minimum atomic E-state index is -1.30. The molecule has 6 aliphatic rings. The Kier molecular flexibility index (Phi) is 13.6. The van der Waals surface area contributed by atoms with Crippen molar-refractivity contribution in [3.05, 3.63) is 41.6 Å². The van der Waals surface area contributed by atoms with Crippen molar-refractivity contribution in [3.63, 3.8) is 0 Å². The number of rotatable bonds is 15. The SMILES string of the molecule is C=C[C@@H]1CC1(NC(=O)[C@@H]1C[C@@H](Oc2cc(C3CSC(NC(C)C)=N3)nc3c(Cl)c(OCCN4CCNCC4)ccc23)CN1C(=O)[C@@H](NC(=O)OC1C[C@@H]2C[C@@H]2C1)C(C)(C)C)C(=O)OC. The van der Waals surface area contributed by atoms with Gasteiger partial charge in [0, 0.05) is 68.3 Å². The van der Waals surface area contributed by atoms with Gasteiger partial charge in [-0.1, -0.05) is 50.2 Å². The number of amides is 3. The lowest BCUT2D eigenvalue weighted by molar-refractivity contribution is -0.148. The van der Waals surface area contributed by atoms with Crippen LogP contribution in [-0.2, 0) is 23.9 Å². The summed E-state index contributed by atoms with van der Waals surface area (Å²) in [5.41, 5.74) is -0.934. The number of carbonyl (C=O) groups is 4. The normalized spacial score (nSPS) is 29.1. The molecular weight excluding hydrogens is 860 g/mol. The van der Waals surface area contributed by atoms with Crippen molar-refractivity contribution in [1.29, 1.82) is 0 Å². The number of fused-ring (bicyclic) bond motifs is 2. The van der Waals surface area contributed by atoms with Crippen molar-refractivity contribution >= 4 is 63.3 Å². The highest BCUT2D eigenvalue weighted by molar-refractivity contribution is 8.14. The van der Waals surface area contributed by atoms with Gasteiger partial charge < -0.3 is 45.1 Å². The maximum absolute atomic E-state index is 14.9. The molecule has 1 aromatic heterocycles. The fourth-order valence-corrected chi connectivity index (χ4v) is 10.9. The zero-order valence-corrected chi connectivity index (χ0v) is 39.3. The van der Waals surface area contributed by atoms with Crippen molar-refractivity contribution in [2.45, 2.75) is 109 Å². The molecule has 3 amide bonds. The highest BCUT2D eigenvalue weighted by Crippen LogP contribution is 2.52. The smallest absolute Gasteiger partial charge is 0.408 e. The van der Waals surface area contributed by atoms with Crippen LogP contribution in [0.1, 0.15) is 78.5 Å². The highest BCUT2D eigenvalue weighted by atomic mass is 35.5. The van der Waals surface area contributed by atoms with Crippen LogP contribution in [0.5, 0.6) is 11.5 Å². The molecule has 5 fully saturated rings. The van der Waals surface area contributed by atoms with Gasteiger partial charge in [-0.15, -0.1) is 6.58 Å². The molecule has 64 heavy (non-hydrogen) atoms. The summed E-state index contributed by atoms with van der Waals surface area (Å²) < 4.78 is 24.1. The van der Waals surface area contributed by atoms with Crippen molar-refractivity contribution in [3.8, 4) is 11.5 Å². The van der Waals surface area contributed by atoms with E-state index in [0.29, 0.717) is 63.7 Å². The third-order valence-electron chi connectivity index (χ3n) is 13.3. The van der Waals surface area contributed by atoms with E-state index >= 15 is 0 Å². The summed E-state index contributed by atoms with van der Waals surface area (Å²) in [7, 11) is 1.27. The van der Waals surface area contributed by atoms with Gasteiger partial charge in [0.2, 0.25) is 11.8 Å². The van der Waals surface area contributed by atoms with Crippen LogP contribution in [0, 0.1) is 23.2 Å². The van der Waals surface area contributed by atoms with E-state index in [1.165, 1.54) is 18.4 Å². The van der Waals surface area contributed by atoms with Crippen LogP contribution >= 0.6 is 23.4 Å². The Hall–Kier alpha value is -4.32. The van der Waals surface area contributed by atoms with Gasteiger partial charge in [0.25, 0.3) is 0 Å². The zero-order chi connectivity index (χ0) is 45.5. The van der Waals surface area contributed by atoms with Gasteiger partial charge in [-0.2, -0.15) is 0 Å². The number of pyridine rings is 1. The average molecular weight is 924 g/mol. The molecule has 4 heterocycles. The second kappa shape index (κ2) is 18.9. The van der Waals surface area contributed by atoms with Crippen LogP contribution in [-0.4, -0.2) is 138 Å². The molecule has 2 aromatic rings. The molecule has 8 rings (SSSR count). The lowest BCUT2D eigenvalue weighted by Gasteiger charge is -2.35. The summed E-state index contributed by atoms with van der Waals surface area (Å²) in [6.45, 7) is 18.5. The first kappa shape index (κ1) is 46.2. The number of amidine groups is 1. The minimum absolute atomic E-state index is 0.00229. The summed E-state index contributed by atoms with van der Waals surface area (Å²) in [6, 6.07) is 3.33. The number of hydrogen-bond acceptors (Lipinski definition) is 14. The third kappa shape index (κ3) is 10.1. The van der Waals surface area contributed by atoms with Crippen molar-refractivity contribution in [1.82, 2.24) is 36.1 Å². The highest BCUT2D eigenvalue weighted by Gasteiger charge is 2.62. The Balaban J connectivity index is 1.09. The van der Waals surface area contributed by atoms with E-state index in [9.17, 15) is 19.2 Å². The Morgan fingerprint density at radius 1 is 1.08 bits per heavy atom. The minimum Gasteiger partial charge on any atom is -0.491 e. The Bertz CT molecular complexity index is 2150. The fourth-order valence-electron chi connectivity index (χ4n) is 9.59. The first-order valence-electron chi connectivity index (χ1n) is 22.7. The largest absolute Gasteiger partial charge is 0.491 e. The molecule has 18 heteroatoms. The van der Waals surface area contributed by atoms with Crippen LogP contribution in [0.2, 0.25) is 5.02 Å². The molecule has 1 aromatic carbocycles. The molecular formula is C46H63ClN8O8S. The van der Waals surface area contributed by atoms with Crippen LogP contribution in [0.3, 0.4) is 0 Å². The van der Waals surface area contributed by atoms with Crippen LogP contribution in [0.15, 0.2) is 35.8 Å². The number of esters is 1. The molecule has 0 radical (unpaired) electrons. The number of aromatic nitrogens is 1. The predicted molar refractivity (Wildman–Crippen MR) is 246 cm³/mol. The molecule has 3 saturated carbocycles. The standard InChI is InChI=1S/C46H63ClN8O8S/c1-8-28-22-46(28,42(58)60-7)53-40(56)34-20-30(23-55(34)41(57)39(45(4,5)6)52-44(59)63-29-18-26-17-27(26)19-29)62-36-21-32(33-24-64-43(51-33)49-25(2)3)50-38-31(36)9-10-35(37(38)47)61-16-15-54-13-11-48-12-14-54/h8-10,21,25-30,33-34,39,48H,1,11-20,22-24H2,2-7H3,(H,49,51)(H,52,59)(H,53,56)/t26-,27+,28-,29?,30-,33?,34+,39-,46?/m1/s1. The number of carbonyl (C=O) groups excluding carboxylic acids is 4. The molecule has 3 aliphatic carbocycles. The van der Waals surface area contributed by atoms with Gasteiger partial charge in [0.05, 0.1) is 24.9 Å². The lowest BCUT2D eigenvalue weighted by Crippen LogP contribution is -2.59. The third-order valence-corrected chi connectivity index (χ3v) is 14.7. The number of halogens is 1. The maximum atomic E-state index is 14.9. The van der Waals surface area contributed by atoms with Gasteiger partial charge in [0.15, 0.2) is 5.17 Å². The molecule has 348 valence electrons. The number of piperazine rings is 1. The number of nitrogens with zero attached hydrogens (tertiary/aromatic N) is 4. The van der Waals surface area contributed by atoms with E-state index in [1.807, 2.05) is 39.0 Å². The second-order valence-corrected chi connectivity index (χ2v) is 20.9. The van der Waals surface area contributed by atoms with Crippen LogP contribution < -0.4 is 30.7 Å². The van der Waals surface area contributed by atoms with E-state index in [4.69, 9.17) is 40.5 Å². The molecule has 16 nitrogen and oxygen atoms in total. The van der Waals surface area contributed by atoms with Gasteiger partial charge in [-0.3, -0.25) is 19.5 Å². The number of ether oxygens (including phenoxy) is 4. The lowest BCUT2D eigenvalue weighted by atomic mass is 9.85. The van der Waals surface area contributed by atoms with E-state index < -0.39 is 53.0 Å². The predicted octanol–water partition coefficient (Wildman–Crippen LogP) is 4.84.